The molecule has 6 aromatic carbocycles. The standard InChI is InChI=1S/C35H24S/c1-35(2)29-18-15-21-7-3-4-10-25(21)34(29)28-17-14-23(19-30(28)35)24-13-16-26-27-11-5-8-22-9-6-12-31(33(22)27)36-32(26)20-24/h3-20H,1-2H3. The van der Waals surface area contributed by atoms with E-state index in [9.17, 15) is 0 Å². The fraction of sp³-hybridized carbons (Fsp3) is 0.0857. The zero-order chi connectivity index (χ0) is 24.0. The lowest BCUT2D eigenvalue weighted by Gasteiger charge is -2.23. The molecular weight excluding hydrogens is 452 g/mol. The van der Waals surface area contributed by atoms with Gasteiger partial charge in [0.1, 0.15) is 0 Å². The maximum atomic E-state index is 2.44. The first kappa shape index (κ1) is 20.4. The summed E-state index contributed by atoms with van der Waals surface area (Å²) in [6.07, 6.45) is 0. The number of rotatable bonds is 1. The maximum absolute atomic E-state index is 2.44. The number of benzene rings is 6. The molecule has 6 aromatic rings. The first-order valence-corrected chi connectivity index (χ1v) is 13.4. The van der Waals surface area contributed by atoms with E-state index >= 15 is 0 Å². The lowest BCUT2D eigenvalue weighted by molar-refractivity contribution is 0.661. The van der Waals surface area contributed by atoms with Crippen molar-refractivity contribution in [2.75, 3.05) is 0 Å². The van der Waals surface area contributed by atoms with Gasteiger partial charge in [-0.2, -0.15) is 0 Å². The van der Waals surface area contributed by atoms with Crippen molar-refractivity contribution in [2.45, 2.75) is 29.1 Å². The molecule has 1 heteroatoms. The van der Waals surface area contributed by atoms with Gasteiger partial charge < -0.3 is 0 Å². The van der Waals surface area contributed by atoms with E-state index in [4.69, 9.17) is 0 Å². The molecule has 0 bridgehead atoms. The monoisotopic (exact) mass is 476 g/mol. The van der Waals surface area contributed by atoms with Gasteiger partial charge in [0, 0.05) is 20.6 Å². The summed E-state index contributed by atoms with van der Waals surface area (Å²) in [4.78, 5) is 2.69. The van der Waals surface area contributed by atoms with E-state index in [1.54, 1.807) is 0 Å². The third kappa shape index (κ3) is 2.67. The van der Waals surface area contributed by atoms with Crippen LogP contribution in [0.2, 0.25) is 0 Å². The minimum atomic E-state index is -0.0255. The molecule has 1 aliphatic carbocycles. The Morgan fingerprint density at radius 1 is 0.528 bits per heavy atom. The SMILES string of the molecule is CC1(C)c2cc(-c3ccc4c(c3)Sc3cccc5cccc-4c35)ccc2-c2c1ccc1ccccc21. The summed E-state index contributed by atoms with van der Waals surface area (Å²) in [6, 6.07) is 40.8. The summed E-state index contributed by atoms with van der Waals surface area (Å²) in [6.45, 7) is 4.74. The summed E-state index contributed by atoms with van der Waals surface area (Å²) in [5, 5.41) is 5.37. The lowest BCUT2D eigenvalue weighted by atomic mass is 9.81. The third-order valence-corrected chi connectivity index (χ3v) is 9.37. The number of fused-ring (bicyclic) bond motifs is 7. The van der Waals surface area contributed by atoms with Crippen LogP contribution < -0.4 is 0 Å². The second-order valence-electron chi connectivity index (χ2n) is 10.6. The molecule has 2 aliphatic rings. The molecule has 0 atom stereocenters. The minimum Gasteiger partial charge on any atom is -0.0888 e. The Labute approximate surface area is 215 Å². The highest BCUT2D eigenvalue weighted by atomic mass is 32.2. The first-order valence-electron chi connectivity index (χ1n) is 12.6. The van der Waals surface area contributed by atoms with E-state index in [0.717, 1.165) is 0 Å². The number of hydrogen-bond acceptors (Lipinski definition) is 1. The highest BCUT2D eigenvalue weighted by Crippen LogP contribution is 2.53. The van der Waals surface area contributed by atoms with Crippen LogP contribution in [0, 0.1) is 0 Å². The molecule has 0 radical (unpaired) electrons. The van der Waals surface area contributed by atoms with Crippen LogP contribution in [0.3, 0.4) is 0 Å². The van der Waals surface area contributed by atoms with Crippen LogP contribution in [-0.2, 0) is 5.41 Å². The van der Waals surface area contributed by atoms with Crippen LogP contribution in [0.4, 0.5) is 0 Å². The molecule has 0 spiro atoms. The van der Waals surface area contributed by atoms with Crippen LogP contribution in [0.1, 0.15) is 25.0 Å². The summed E-state index contributed by atoms with van der Waals surface area (Å²) < 4.78 is 0. The molecule has 0 saturated heterocycles. The summed E-state index contributed by atoms with van der Waals surface area (Å²) in [5.74, 6) is 0. The molecular formula is C35H24S. The van der Waals surface area contributed by atoms with Crippen LogP contribution in [0.25, 0.3) is 54.9 Å². The zero-order valence-electron chi connectivity index (χ0n) is 20.3. The van der Waals surface area contributed by atoms with E-state index in [0.29, 0.717) is 0 Å². The van der Waals surface area contributed by atoms with Crippen molar-refractivity contribution in [3.63, 3.8) is 0 Å². The molecule has 1 aliphatic heterocycles. The molecule has 0 amide bonds. The van der Waals surface area contributed by atoms with E-state index in [2.05, 4.69) is 123 Å². The van der Waals surface area contributed by atoms with Gasteiger partial charge >= 0.3 is 0 Å². The van der Waals surface area contributed by atoms with Crippen LogP contribution >= 0.6 is 11.8 Å². The summed E-state index contributed by atoms with van der Waals surface area (Å²) >= 11 is 1.90. The highest BCUT2D eigenvalue weighted by Gasteiger charge is 2.36. The Hall–Kier alpha value is -3.81. The van der Waals surface area contributed by atoms with Crippen molar-refractivity contribution in [3.8, 4) is 33.4 Å². The topological polar surface area (TPSA) is 0 Å². The van der Waals surface area contributed by atoms with E-state index in [1.807, 2.05) is 11.8 Å². The fourth-order valence-electron chi connectivity index (χ4n) is 6.43. The second-order valence-corrected chi connectivity index (χ2v) is 11.7. The van der Waals surface area contributed by atoms with Crippen LogP contribution in [0.15, 0.2) is 119 Å². The van der Waals surface area contributed by atoms with Crippen molar-refractivity contribution in [2.24, 2.45) is 0 Å². The van der Waals surface area contributed by atoms with Crippen molar-refractivity contribution in [1.29, 1.82) is 0 Å². The van der Waals surface area contributed by atoms with Crippen molar-refractivity contribution in [1.82, 2.24) is 0 Å². The van der Waals surface area contributed by atoms with Gasteiger partial charge in [0.05, 0.1) is 0 Å². The fourth-order valence-corrected chi connectivity index (χ4v) is 7.62. The van der Waals surface area contributed by atoms with Gasteiger partial charge in [-0.25, -0.2) is 0 Å². The molecule has 0 saturated carbocycles. The van der Waals surface area contributed by atoms with E-state index in [1.165, 1.54) is 75.8 Å². The average Bonchev–Trinajstić information content (AvgIpc) is 3.15. The summed E-state index contributed by atoms with van der Waals surface area (Å²) in [7, 11) is 0. The largest absolute Gasteiger partial charge is 0.0888 e. The Morgan fingerprint density at radius 3 is 2.17 bits per heavy atom. The highest BCUT2D eigenvalue weighted by molar-refractivity contribution is 7.99. The lowest BCUT2D eigenvalue weighted by Crippen LogP contribution is -2.15. The average molecular weight is 477 g/mol. The Balaban J connectivity index is 1.29. The van der Waals surface area contributed by atoms with Crippen LogP contribution in [0.5, 0.6) is 0 Å². The Kier molecular flexibility index (Phi) is 4.03. The molecule has 0 nitrogen and oxygen atoms in total. The molecule has 36 heavy (non-hydrogen) atoms. The van der Waals surface area contributed by atoms with Crippen LogP contribution in [-0.4, -0.2) is 0 Å². The molecule has 1 heterocycles. The predicted molar refractivity (Wildman–Crippen MR) is 154 cm³/mol. The third-order valence-electron chi connectivity index (χ3n) is 8.26. The van der Waals surface area contributed by atoms with Gasteiger partial charge in [0.15, 0.2) is 0 Å². The van der Waals surface area contributed by atoms with Gasteiger partial charge in [-0.05, 0) is 78.9 Å². The van der Waals surface area contributed by atoms with Gasteiger partial charge in [0.25, 0.3) is 0 Å². The zero-order valence-corrected chi connectivity index (χ0v) is 21.1. The molecule has 0 unspecified atom stereocenters. The number of hydrogen-bond donors (Lipinski definition) is 0. The van der Waals surface area contributed by atoms with Crippen molar-refractivity contribution >= 4 is 33.3 Å². The molecule has 0 aromatic heterocycles. The van der Waals surface area contributed by atoms with Gasteiger partial charge in [-0.3, -0.25) is 0 Å². The minimum absolute atomic E-state index is 0.0255. The van der Waals surface area contributed by atoms with Gasteiger partial charge in [-0.1, -0.05) is 117 Å². The van der Waals surface area contributed by atoms with Crippen molar-refractivity contribution < 1.29 is 0 Å². The molecule has 8 rings (SSSR count). The van der Waals surface area contributed by atoms with Gasteiger partial charge in [-0.15, -0.1) is 0 Å². The molecule has 0 N–H and O–H groups in total. The quantitative estimate of drug-likeness (QED) is 0.227. The van der Waals surface area contributed by atoms with Gasteiger partial charge in [0.2, 0.25) is 0 Å². The van der Waals surface area contributed by atoms with E-state index in [-0.39, 0.29) is 5.41 Å². The normalized spacial score (nSPS) is 14.5. The Morgan fingerprint density at radius 2 is 1.28 bits per heavy atom. The molecule has 170 valence electrons. The Bertz CT molecular complexity index is 1880. The second kappa shape index (κ2) is 7.12. The van der Waals surface area contributed by atoms with Crippen molar-refractivity contribution in [3.05, 3.63) is 120 Å². The van der Waals surface area contributed by atoms with E-state index < -0.39 is 0 Å². The summed E-state index contributed by atoms with van der Waals surface area (Å²) in [5.41, 5.74) is 10.9. The smallest absolute Gasteiger partial charge is 0.0207 e. The molecule has 0 fully saturated rings. The predicted octanol–water partition coefficient (Wildman–Crippen LogP) is 10.1. The maximum Gasteiger partial charge on any atom is 0.0207 e. The first-order chi connectivity index (χ1) is 17.6.